The Labute approximate surface area is 246 Å². The lowest BCUT2D eigenvalue weighted by molar-refractivity contribution is 0.0910. The van der Waals surface area contributed by atoms with Gasteiger partial charge < -0.3 is 20.3 Å². The number of aliphatic imine (C=N–C) groups is 1. The highest BCUT2D eigenvalue weighted by molar-refractivity contribution is 5.95. The normalized spacial score (nSPS) is 19.0. The summed E-state index contributed by atoms with van der Waals surface area (Å²) in [5, 5.41) is 8.11. The Morgan fingerprint density at radius 2 is 2.05 bits per heavy atom. The number of hydrogen-bond acceptors (Lipinski definition) is 6. The highest BCUT2D eigenvalue weighted by Crippen LogP contribution is 2.29. The fourth-order valence-electron chi connectivity index (χ4n) is 5.04. The first-order valence-corrected chi connectivity index (χ1v) is 14.7. The smallest absolute Gasteiger partial charge is 0.251 e. The van der Waals surface area contributed by atoms with Crippen molar-refractivity contribution in [3.8, 4) is 0 Å². The summed E-state index contributed by atoms with van der Waals surface area (Å²) in [6, 6.07) is 7.14. The molecule has 0 spiro atoms. The minimum atomic E-state index is -0.393. The SMILES string of the molecule is C/C=c1/ccc(C2=CNCC(N3CCC3)=N2)n/c1=C/C(=C/CC)CNC(=O)c1cc(F)c2c(c1)C(C)COC2.CCF. The molecule has 0 radical (unpaired) electrons. The van der Waals surface area contributed by atoms with Gasteiger partial charge >= 0.3 is 0 Å². The van der Waals surface area contributed by atoms with Crippen LogP contribution in [0.25, 0.3) is 17.8 Å². The van der Waals surface area contributed by atoms with Crippen LogP contribution in [0.4, 0.5) is 8.78 Å². The van der Waals surface area contributed by atoms with Gasteiger partial charge in [-0.2, -0.15) is 0 Å². The fraction of sp³-hybridized carbons (Fsp3) is 0.424. The molecular weight excluding hydrogens is 536 g/mol. The minimum Gasteiger partial charge on any atom is -0.382 e. The number of alkyl halides is 1. The van der Waals surface area contributed by atoms with Crippen molar-refractivity contribution in [3.05, 3.63) is 80.9 Å². The van der Waals surface area contributed by atoms with Crippen molar-refractivity contribution in [3.63, 3.8) is 0 Å². The molecule has 224 valence electrons. The number of nitrogens with one attached hydrogen (secondary N) is 2. The second-order valence-electron chi connectivity index (χ2n) is 10.5. The lowest BCUT2D eigenvalue weighted by Crippen LogP contribution is -2.46. The number of aromatic nitrogens is 1. The maximum Gasteiger partial charge on any atom is 0.251 e. The maximum atomic E-state index is 14.7. The third-order valence-corrected chi connectivity index (χ3v) is 7.38. The van der Waals surface area contributed by atoms with Crippen molar-refractivity contribution in [1.82, 2.24) is 20.5 Å². The summed E-state index contributed by atoms with van der Waals surface area (Å²) in [7, 11) is 0. The number of fused-ring (bicyclic) bond motifs is 1. The van der Waals surface area contributed by atoms with Crippen LogP contribution in [0.15, 0.2) is 47.1 Å². The zero-order chi connectivity index (χ0) is 30.1. The highest BCUT2D eigenvalue weighted by Gasteiger charge is 2.23. The third-order valence-electron chi connectivity index (χ3n) is 7.38. The van der Waals surface area contributed by atoms with Crippen molar-refractivity contribution in [1.29, 1.82) is 0 Å². The van der Waals surface area contributed by atoms with Gasteiger partial charge in [-0.05, 0) is 67.3 Å². The van der Waals surface area contributed by atoms with E-state index in [1.807, 2.05) is 44.3 Å². The van der Waals surface area contributed by atoms with E-state index in [2.05, 4.69) is 28.5 Å². The van der Waals surface area contributed by atoms with Crippen LogP contribution in [-0.2, 0) is 11.3 Å². The number of carbonyl (C=O) groups is 1. The molecule has 0 saturated carbocycles. The van der Waals surface area contributed by atoms with Crippen molar-refractivity contribution < 1.29 is 18.3 Å². The number of rotatable bonds is 6. The third kappa shape index (κ3) is 7.50. The molecule has 2 aromatic rings. The van der Waals surface area contributed by atoms with Gasteiger partial charge in [-0.15, -0.1) is 0 Å². The van der Waals surface area contributed by atoms with Crippen LogP contribution >= 0.6 is 0 Å². The van der Waals surface area contributed by atoms with E-state index in [0.29, 0.717) is 24.3 Å². The summed E-state index contributed by atoms with van der Waals surface area (Å²) >= 11 is 0. The number of benzene rings is 1. The Bertz CT molecular complexity index is 1490. The van der Waals surface area contributed by atoms with E-state index >= 15 is 0 Å². The van der Waals surface area contributed by atoms with E-state index in [4.69, 9.17) is 14.7 Å². The summed E-state index contributed by atoms with van der Waals surface area (Å²) < 4.78 is 30.5. The monoisotopic (exact) mass is 577 g/mol. The van der Waals surface area contributed by atoms with Crippen LogP contribution in [0.2, 0.25) is 0 Å². The number of likely N-dealkylation sites (tertiary alicyclic amines) is 1. The largest absolute Gasteiger partial charge is 0.382 e. The summed E-state index contributed by atoms with van der Waals surface area (Å²) in [5.41, 5.74) is 4.25. The number of pyridine rings is 1. The molecule has 5 rings (SSSR count). The summed E-state index contributed by atoms with van der Waals surface area (Å²) in [5.74, 6) is 0.395. The second kappa shape index (κ2) is 14.9. The van der Waals surface area contributed by atoms with E-state index in [9.17, 15) is 13.6 Å². The van der Waals surface area contributed by atoms with Gasteiger partial charge in [0, 0.05) is 42.9 Å². The number of halogens is 2. The van der Waals surface area contributed by atoms with E-state index in [-0.39, 0.29) is 25.1 Å². The molecule has 1 amide bonds. The Balaban J connectivity index is 0.00000129. The number of nitrogens with zero attached hydrogens (tertiary/aromatic N) is 3. The Morgan fingerprint density at radius 1 is 1.26 bits per heavy atom. The molecule has 3 aliphatic heterocycles. The van der Waals surface area contributed by atoms with E-state index in [1.54, 1.807) is 6.07 Å². The first-order chi connectivity index (χ1) is 20.4. The fourth-order valence-corrected chi connectivity index (χ4v) is 5.04. The highest BCUT2D eigenvalue weighted by atomic mass is 19.1. The van der Waals surface area contributed by atoms with Crippen LogP contribution in [0.3, 0.4) is 0 Å². The van der Waals surface area contributed by atoms with Crippen LogP contribution in [0, 0.1) is 5.82 Å². The molecule has 0 bridgehead atoms. The summed E-state index contributed by atoms with van der Waals surface area (Å²) in [6.45, 7) is 11.1. The molecular formula is C33H41F2N5O2. The quantitative estimate of drug-likeness (QED) is 0.539. The maximum absolute atomic E-state index is 14.7. The number of amidine groups is 1. The lowest BCUT2D eigenvalue weighted by atomic mass is 9.92. The molecule has 0 aliphatic carbocycles. The van der Waals surface area contributed by atoms with Gasteiger partial charge in [0.25, 0.3) is 5.91 Å². The van der Waals surface area contributed by atoms with Crippen LogP contribution in [0.5, 0.6) is 0 Å². The molecule has 1 saturated heterocycles. The van der Waals surface area contributed by atoms with Gasteiger partial charge in [0.2, 0.25) is 0 Å². The Kier molecular flexibility index (Phi) is 11.0. The van der Waals surface area contributed by atoms with Gasteiger partial charge in [0.1, 0.15) is 17.3 Å². The number of carbonyl (C=O) groups excluding carboxylic acids is 1. The molecule has 1 aromatic carbocycles. The molecule has 2 N–H and O–H groups in total. The zero-order valence-corrected chi connectivity index (χ0v) is 25.0. The molecule has 9 heteroatoms. The number of allylic oxidation sites excluding steroid dienone is 1. The molecule has 1 unspecified atom stereocenters. The molecule has 1 aromatic heterocycles. The van der Waals surface area contributed by atoms with E-state index < -0.39 is 5.82 Å². The predicted octanol–water partition coefficient (Wildman–Crippen LogP) is 4.18. The van der Waals surface area contributed by atoms with E-state index in [1.165, 1.54) is 19.4 Å². The molecule has 1 fully saturated rings. The van der Waals surface area contributed by atoms with Crippen LogP contribution in [-0.4, -0.2) is 61.1 Å². The van der Waals surface area contributed by atoms with Crippen molar-refractivity contribution >= 4 is 29.6 Å². The van der Waals surface area contributed by atoms with Gasteiger partial charge in [-0.3, -0.25) is 9.18 Å². The lowest BCUT2D eigenvalue weighted by Gasteiger charge is -2.35. The average molecular weight is 578 g/mol. The molecule has 4 heterocycles. The molecule has 1 atom stereocenters. The van der Waals surface area contributed by atoms with Crippen LogP contribution in [0.1, 0.15) is 73.6 Å². The van der Waals surface area contributed by atoms with Crippen molar-refractivity contribution in [2.75, 3.05) is 39.5 Å². The molecule has 3 aliphatic rings. The van der Waals surface area contributed by atoms with Gasteiger partial charge in [0.15, 0.2) is 0 Å². The number of hydrogen-bond donors (Lipinski definition) is 2. The Morgan fingerprint density at radius 3 is 2.74 bits per heavy atom. The van der Waals surface area contributed by atoms with E-state index in [0.717, 1.165) is 65.0 Å². The first kappa shape index (κ1) is 31.1. The van der Waals surface area contributed by atoms with Gasteiger partial charge in [-0.25, -0.2) is 14.4 Å². The standard InChI is InChI=1S/C31H36FN5O2.C2H5F/c1-4-7-21(15-34-31(38)23-13-24-20(3)18-39-19-25(24)26(32)14-23)12-28-22(5-2)8-9-27(35-28)29-16-33-17-30(36-29)37-10-6-11-37;1-2-3/h5,7-9,12-14,16,20,33H,4,6,10-11,15,17-19H2,1-3H3,(H,34,38);2H2,1H3/b21-7-,22-5-,28-12+;. The predicted molar refractivity (Wildman–Crippen MR) is 165 cm³/mol. The first-order valence-electron chi connectivity index (χ1n) is 14.7. The van der Waals surface area contributed by atoms with Gasteiger partial charge in [-0.1, -0.05) is 32.1 Å². The zero-order valence-electron chi connectivity index (χ0n) is 25.0. The van der Waals surface area contributed by atoms with Gasteiger partial charge in [0.05, 0.1) is 37.5 Å². The summed E-state index contributed by atoms with van der Waals surface area (Å²) in [6.07, 6.45) is 10.0. The molecule has 42 heavy (non-hydrogen) atoms. The topological polar surface area (TPSA) is 78.9 Å². The summed E-state index contributed by atoms with van der Waals surface area (Å²) in [4.78, 5) is 25.1. The van der Waals surface area contributed by atoms with Crippen molar-refractivity contribution in [2.45, 2.75) is 53.1 Å². The van der Waals surface area contributed by atoms with Crippen LogP contribution < -0.4 is 21.2 Å². The Hall–Kier alpha value is -3.85. The minimum absolute atomic E-state index is 0.0442. The number of amides is 1. The average Bonchev–Trinajstić information content (AvgIpc) is 2.96. The second-order valence-corrected chi connectivity index (χ2v) is 10.5. The van der Waals surface area contributed by atoms with Crippen molar-refractivity contribution in [2.24, 2.45) is 4.99 Å². The number of ether oxygens (including phenoxy) is 1. The molecule has 7 nitrogen and oxygen atoms in total.